The number of carbonyl (C=O) groups is 1. The maximum absolute atomic E-state index is 13.0. The van der Waals surface area contributed by atoms with Gasteiger partial charge in [0, 0.05) is 17.3 Å². The molecule has 0 aliphatic heterocycles. The Morgan fingerprint density at radius 2 is 1.52 bits per heavy atom. The first-order chi connectivity index (χ1) is 13.2. The number of methoxy groups -OCH3 is 2. The van der Waals surface area contributed by atoms with Gasteiger partial charge >= 0.3 is 0 Å². The minimum atomic E-state index is -0.190. The molecular formula is C23H21NO3. The molecule has 0 spiro atoms. The molecule has 1 amide bonds. The van der Waals surface area contributed by atoms with Crippen LogP contribution in [-0.4, -0.2) is 20.1 Å². The lowest BCUT2D eigenvalue weighted by atomic mass is 10.0. The summed E-state index contributed by atoms with van der Waals surface area (Å²) in [6.45, 7) is 0. The van der Waals surface area contributed by atoms with Crippen molar-refractivity contribution in [3.63, 3.8) is 0 Å². The van der Waals surface area contributed by atoms with Gasteiger partial charge in [0.2, 0.25) is 0 Å². The number of rotatable bonds is 6. The van der Waals surface area contributed by atoms with Crippen LogP contribution >= 0.6 is 0 Å². The van der Waals surface area contributed by atoms with Crippen molar-refractivity contribution in [2.45, 2.75) is 0 Å². The minimum Gasteiger partial charge on any atom is -0.497 e. The van der Waals surface area contributed by atoms with Gasteiger partial charge in [0.05, 0.1) is 14.2 Å². The van der Waals surface area contributed by atoms with Gasteiger partial charge in [-0.2, -0.15) is 0 Å². The summed E-state index contributed by atoms with van der Waals surface area (Å²) >= 11 is 0. The quantitative estimate of drug-likeness (QED) is 0.504. The first-order valence-corrected chi connectivity index (χ1v) is 8.56. The van der Waals surface area contributed by atoms with Gasteiger partial charge in [-0.3, -0.25) is 4.79 Å². The molecule has 1 N–H and O–H groups in total. The van der Waals surface area contributed by atoms with E-state index >= 15 is 0 Å². The van der Waals surface area contributed by atoms with Crippen molar-refractivity contribution < 1.29 is 14.3 Å². The average Bonchev–Trinajstić information content (AvgIpc) is 2.73. The molecule has 3 aromatic rings. The van der Waals surface area contributed by atoms with Gasteiger partial charge in [0.25, 0.3) is 5.91 Å². The Bertz CT molecular complexity index is 931. The van der Waals surface area contributed by atoms with Crippen LogP contribution in [0.3, 0.4) is 0 Å². The molecule has 0 aliphatic rings. The normalized spacial score (nSPS) is 11.0. The molecule has 4 heteroatoms. The summed E-state index contributed by atoms with van der Waals surface area (Å²) in [5.74, 6) is 1.27. The summed E-state index contributed by atoms with van der Waals surface area (Å²) in [5.41, 5.74) is 3.00. The number of carbonyl (C=O) groups excluding carboxylic acids is 1. The summed E-state index contributed by atoms with van der Waals surface area (Å²) in [4.78, 5) is 13.0. The van der Waals surface area contributed by atoms with E-state index in [1.165, 1.54) is 0 Å². The molecule has 0 atom stereocenters. The van der Waals surface area contributed by atoms with E-state index in [4.69, 9.17) is 9.47 Å². The predicted octanol–water partition coefficient (Wildman–Crippen LogP) is 4.88. The largest absolute Gasteiger partial charge is 0.497 e. The van der Waals surface area contributed by atoms with E-state index in [1.54, 1.807) is 20.3 Å². The van der Waals surface area contributed by atoms with Crippen molar-refractivity contribution in [1.29, 1.82) is 0 Å². The van der Waals surface area contributed by atoms with Crippen molar-refractivity contribution in [3.05, 3.63) is 90.0 Å². The first-order valence-electron chi connectivity index (χ1n) is 8.56. The molecule has 0 saturated carbocycles. The number of benzene rings is 3. The van der Waals surface area contributed by atoms with Crippen LogP contribution in [0.15, 0.2) is 78.9 Å². The lowest BCUT2D eigenvalue weighted by Crippen LogP contribution is -2.13. The summed E-state index contributed by atoms with van der Waals surface area (Å²) in [5, 5.41) is 2.95. The average molecular weight is 359 g/mol. The van der Waals surface area contributed by atoms with E-state index < -0.39 is 0 Å². The highest BCUT2D eigenvalue weighted by Crippen LogP contribution is 2.23. The van der Waals surface area contributed by atoms with Crippen LogP contribution < -0.4 is 14.8 Å². The highest BCUT2D eigenvalue weighted by atomic mass is 16.5. The van der Waals surface area contributed by atoms with Crippen LogP contribution in [0.5, 0.6) is 11.5 Å². The molecule has 0 unspecified atom stereocenters. The maximum atomic E-state index is 13.0. The van der Waals surface area contributed by atoms with Gasteiger partial charge in [0.15, 0.2) is 0 Å². The molecule has 0 saturated heterocycles. The Balaban J connectivity index is 1.93. The Morgan fingerprint density at radius 3 is 2.19 bits per heavy atom. The SMILES string of the molecule is COc1ccc(/C=C(/C(=O)Nc2cccc(OC)c2)c2ccccc2)cc1. The third kappa shape index (κ3) is 4.76. The number of amides is 1. The van der Waals surface area contributed by atoms with Crippen LogP contribution in [0, 0.1) is 0 Å². The van der Waals surface area contributed by atoms with Crippen molar-refractivity contribution >= 4 is 23.2 Å². The Kier molecular flexibility index (Phi) is 5.90. The summed E-state index contributed by atoms with van der Waals surface area (Å²) in [6.07, 6.45) is 1.87. The summed E-state index contributed by atoms with van der Waals surface area (Å²) in [6, 6.07) is 24.4. The monoisotopic (exact) mass is 359 g/mol. The number of nitrogens with one attached hydrogen (secondary N) is 1. The second kappa shape index (κ2) is 8.72. The van der Waals surface area contributed by atoms with E-state index in [-0.39, 0.29) is 5.91 Å². The highest BCUT2D eigenvalue weighted by Gasteiger charge is 2.13. The maximum Gasteiger partial charge on any atom is 0.256 e. The molecule has 0 aromatic heterocycles. The first kappa shape index (κ1) is 18.3. The molecule has 0 heterocycles. The Hall–Kier alpha value is -3.53. The number of anilines is 1. The lowest BCUT2D eigenvalue weighted by Gasteiger charge is -2.11. The van der Waals surface area contributed by atoms with Gasteiger partial charge in [-0.25, -0.2) is 0 Å². The van der Waals surface area contributed by atoms with E-state index in [9.17, 15) is 4.79 Å². The van der Waals surface area contributed by atoms with Gasteiger partial charge < -0.3 is 14.8 Å². The van der Waals surface area contributed by atoms with Gasteiger partial charge in [-0.1, -0.05) is 48.5 Å². The third-order valence-corrected chi connectivity index (χ3v) is 4.08. The topological polar surface area (TPSA) is 47.6 Å². The number of ether oxygens (including phenoxy) is 2. The molecule has 0 aliphatic carbocycles. The second-order valence-corrected chi connectivity index (χ2v) is 5.88. The van der Waals surface area contributed by atoms with Gasteiger partial charge in [-0.05, 0) is 41.5 Å². The van der Waals surface area contributed by atoms with E-state index in [0.29, 0.717) is 17.0 Å². The van der Waals surface area contributed by atoms with Gasteiger partial charge in [0.1, 0.15) is 11.5 Å². The summed E-state index contributed by atoms with van der Waals surface area (Å²) in [7, 11) is 3.22. The molecule has 3 rings (SSSR count). The molecular weight excluding hydrogens is 338 g/mol. The van der Waals surface area contributed by atoms with Crippen LogP contribution in [0.25, 0.3) is 11.6 Å². The fourth-order valence-corrected chi connectivity index (χ4v) is 2.66. The highest BCUT2D eigenvalue weighted by molar-refractivity contribution is 6.29. The molecule has 27 heavy (non-hydrogen) atoms. The van der Waals surface area contributed by atoms with E-state index in [1.807, 2.05) is 78.9 Å². The van der Waals surface area contributed by atoms with Crippen LogP contribution in [0.2, 0.25) is 0 Å². The number of hydrogen-bond donors (Lipinski definition) is 1. The molecule has 0 fully saturated rings. The minimum absolute atomic E-state index is 0.190. The number of hydrogen-bond acceptors (Lipinski definition) is 3. The predicted molar refractivity (Wildman–Crippen MR) is 109 cm³/mol. The van der Waals surface area contributed by atoms with E-state index in [2.05, 4.69) is 5.32 Å². The third-order valence-electron chi connectivity index (χ3n) is 4.08. The van der Waals surface area contributed by atoms with Gasteiger partial charge in [-0.15, -0.1) is 0 Å². The molecule has 0 bridgehead atoms. The van der Waals surface area contributed by atoms with Crippen molar-refractivity contribution in [1.82, 2.24) is 0 Å². The molecule has 136 valence electrons. The van der Waals surface area contributed by atoms with Crippen molar-refractivity contribution in [3.8, 4) is 11.5 Å². The fraction of sp³-hybridized carbons (Fsp3) is 0.0870. The summed E-state index contributed by atoms with van der Waals surface area (Å²) < 4.78 is 10.4. The van der Waals surface area contributed by atoms with Crippen molar-refractivity contribution in [2.75, 3.05) is 19.5 Å². The Labute approximate surface area is 159 Å². The fourth-order valence-electron chi connectivity index (χ4n) is 2.66. The van der Waals surface area contributed by atoms with Crippen molar-refractivity contribution in [2.24, 2.45) is 0 Å². The molecule has 4 nitrogen and oxygen atoms in total. The van der Waals surface area contributed by atoms with Crippen LogP contribution in [0.1, 0.15) is 11.1 Å². The van der Waals surface area contributed by atoms with Crippen LogP contribution in [-0.2, 0) is 4.79 Å². The Morgan fingerprint density at radius 1 is 0.815 bits per heavy atom. The lowest BCUT2D eigenvalue weighted by molar-refractivity contribution is -0.111. The zero-order valence-corrected chi connectivity index (χ0v) is 15.3. The molecule has 3 aromatic carbocycles. The zero-order chi connectivity index (χ0) is 19.1. The molecule has 0 radical (unpaired) electrons. The zero-order valence-electron chi connectivity index (χ0n) is 15.3. The second-order valence-electron chi connectivity index (χ2n) is 5.88. The standard InChI is InChI=1S/C23H21NO3/c1-26-20-13-11-17(12-14-20)15-22(18-7-4-3-5-8-18)23(25)24-19-9-6-10-21(16-19)27-2/h3-16H,1-2H3,(H,24,25)/b22-15+. The van der Waals surface area contributed by atoms with Crippen LogP contribution in [0.4, 0.5) is 5.69 Å². The van der Waals surface area contributed by atoms with E-state index in [0.717, 1.165) is 16.9 Å². The smallest absolute Gasteiger partial charge is 0.256 e.